The van der Waals surface area contributed by atoms with Crippen LogP contribution < -0.4 is 5.32 Å². The van der Waals surface area contributed by atoms with Crippen LogP contribution >= 0.6 is 23.2 Å². The van der Waals surface area contributed by atoms with E-state index in [1.165, 1.54) is 0 Å². The van der Waals surface area contributed by atoms with E-state index >= 15 is 0 Å². The molecule has 1 N–H and O–H groups in total. The molecule has 2 rings (SSSR count). The van der Waals surface area contributed by atoms with Gasteiger partial charge in [-0.15, -0.1) is 0 Å². The Morgan fingerprint density at radius 3 is 2.68 bits per heavy atom. The van der Waals surface area contributed by atoms with E-state index in [1.54, 1.807) is 23.9 Å². The van der Waals surface area contributed by atoms with Crippen LogP contribution in [0.3, 0.4) is 0 Å². The van der Waals surface area contributed by atoms with Gasteiger partial charge in [0.25, 0.3) is 0 Å². The summed E-state index contributed by atoms with van der Waals surface area (Å²) in [5.41, 5.74) is 3.13. The molecule has 2 aromatic rings. The van der Waals surface area contributed by atoms with E-state index in [-0.39, 0.29) is 0 Å². The molecule has 0 saturated carbocycles. The van der Waals surface area contributed by atoms with Gasteiger partial charge in [-0.05, 0) is 25.1 Å². The van der Waals surface area contributed by atoms with E-state index in [2.05, 4.69) is 10.4 Å². The molecule has 0 spiro atoms. The maximum absolute atomic E-state index is 8.81. The Kier molecular flexibility index (Phi) is 3.98. The summed E-state index contributed by atoms with van der Waals surface area (Å²) in [4.78, 5) is 0. The Hall–Kier alpha value is -1.70. The fraction of sp³-hybridized carbons (Fsp3) is 0.231. The van der Waals surface area contributed by atoms with Crippen LogP contribution in [0.5, 0.6) is 0 Å². The Morgan fingerprint density at radius 1 is 1.42 bits per heavy atom. The lowest BCUT2D eigenvalue weighted by molar-refractivity contribution is 0.757. The zero-order valence-corrected chi connectivity index (χ0v) is 12.0. The minimum atomic E-state index is 0.432. The molecular weight excluding hydrogens is 283 g/mol. The number of aryl methyl sites for hydroxylation is 2. The molecule has 6 heteroatoms. The Labute approximate surface area is 121 Å². The second kappa shape index (κ2) is 5.52. The van der Waals surface area contributed by atoms with Gasteiger partial charge in [-0.2, -0.15) is 10.4 Å². The highest BCUT2D eigenvalue weighted by molar-refractivity contribution is 6.32. The second-order valence-corrected chi connectivity index (χ2v) is 4.90. The average molecular weight is 295 g/mol. The standard InChI is InChI=1S/C13H12Cl2N4/c1-8-11(13(15)19(2)18-8)7-17-10-4-3-9(6-16)12(14)5-10/h3-5,17H,7H2,1-2H3. The van der Waals surface area contributed by atoms with Crippen molar-refractivity contribution in [3.63, 3.8) is 0 Å². The minimum absolute atomic E-state index is 0.432. The Bertz CT molecular complexity index is 655. The van der Waals surface area contributed by atoms with Crippen LogP contribution in [0.2, 0.25) is 10.2 Å². The summed E-state index contributed by atoms with van der Waals surface area (Å²) in [7, 11) is 1.80. The molecule has 0 atom stereocenters. The van der Waals surface area contributed by atoms with Gasteiger partial charge in [-0.25, -0.2) is 0 Å². The van der Waals surface area contributed by atoms with Gasteiger partial charge < -0.3 is 5.32 Å². The van der Waals surface area contributed by atoms with Crippen molar-refractivity contribution in [1.82, 2.24) is 9.78 Å². The van der Waals surface area contributed by atoms with Crippen LogP contribution in [-0.4, -0.2) is 9.78 Å². The molecule has 1 heterocycles. The predicted molar refractivity (Wildman–Crippen MR) is 76.4 cm³/mol. The first-order chi connectivity index (χ1) is 9.02. The van der Waals surface area contributed by atoms with Crippen molar-refractivity contribution in [2.45, 2.75) is 13.5 Å². The van der Waals surface area contributed by atoms with Crippen molar-refractivity contribution < 1.29 is 0 Å². The topological polar surface area (TPSA) is 53.6 Å². The third-order valence-corrected chi connectivity index (χ3v) is 3.61. The van der Waals surface area contributed by atoms with Crippen LogP contribution in [0.4, 0.5) is 5.69 Å². The minimum Gasteiger partial charge on any atom is -0.381 e. The van der Waals surface area contributed by atoms with Crippen molar-refractivity contribution in [2.75, 3.05) is 5.32 Å². The van der Waals surface area contributed by atoms with E-state index in [9.17, 15) is 0 Å². The van der Waals surface area contributed by atoms with Gasteiger partial charge in [0.15, 0.2) is 0 Å². The monoisotopic (exact) mass is 294 g/mol. The third kappa shape index (κ3) is 2.83. The Balaban J connectivity index is 2.15. The first-order valence-corrected chi connectivity index (χ1v) is 6.40. The number of hydrogen-bond donors (Lipinski definition) is 1. The number of aromatic nitrogens is 2. The molecule has 98 valence electrons. The second-order valence-electron chi connectivity index (χ2n) is 4.14. The van der Waals surface area contributed by atoms with Gasteiger partial charge in [0.1, 0.15) is 11.2 Å². The number of benzene rings is 1. The van der Waals surface area contributed by atoms with E-state index < -0.39 is 0 Å². The summed E-state index contributed by atoms with van der Waals surface area (Å²) in [6, 6.07) is 7.24. The van der Waals surface area contributed by atoms with Gasteiger partial charge in [0.2, 0.25) is 0 Å². The smallest absolute Gasteiger partial charge is 0.131 e. The number of nitrogens with one attached hydrogen (secondary N) is 1. The highest BCUT2D eigenvalue weighted by Gasteiger charge is 2.10. The van der Waals surface area contributed by atoms with Crippen LogP contribution in [0.25, 0.3) is 0 Å². The average Bonchev–Trinajstić information content (AvgIpc) is 2.61. The first-order valence-electron chi connectivity index (χ1n) is 5.64. The van der Waals surface area contributed by atoms with Crippen LogP contribution in [-0.2, 0) is 13.6 Å². The van der Waals surface area contributed by atoms with Crippen molar-refractivity contribution >= 4 is 28.9 Å². The van der Waals surface area contributed by atoms with E-state index in [0.29, 0.717) is 22.3 Å². The van der Waals surface area contributed by atoms with E-state index in [0.717, 1.165) is 16.9 Å². The van der Waals surface area contributed by atoms with Crippen LogP contribution in [0.15, 0.2) is 18.2 Å². The molecule has 0 amide bonds. The normalized spacial score (nSPS) is 10.3. The number of anilines is 1. The fourth-order valence-electron chi connectivity index (χ4n) is 1.78. The molecule has 0 aliphatic heterocycles. The lowest BCUT2D eigenvalue weighted by atomic mass is 10.2. The zero-order valence-electron chi connectivity index (χ0n) is 10.5. The molecule has 0 unspecified atom stereocenters. The lowest BCUT2D eigenvalue weighted by Crippen LogP contribution is -2.01. The molecular formula is C13H12Cl2N4. The maximum atomic E-state index is 8.81. The predicted octanol–water partition coefficient (Wildman–Crippen LogP) is 3.52. The van der Waals surface area contributed by atoms with Crippen molar-refractivity contribution in [3.8, 4) is 6.07 Å². The summed E-state index contributed by atoms with van der Waals surface area (Å²) >= 11 is 12.1. The summed E-state index contributed by atoms with van der Waals surface area (Å²) < 4.78 is 1.64. The molecule has 1 aromatic heterocycles. The van der Waals surface area contributed by atoms with Crippen LogP contribution in [0.1, 0.15) is 16.8 Å². The SMILES string of the molecule is Cc1nn(C)c(Cl)c1CNc1ccc(C#N)c(Cl)c1. The molecule has 0 fully saturated rings. The summed E-state index contributed by atoms with van der Waals surface area (Å²) in [5.74, 6) is 0. The molecule has 0 aliphatic rings. The first kappa shape index (κ1) is 13.7. The largest absolute Gasteiger partial charge is 0.381 e. The van der Waals surface area contributed by atoms with E-state index in [1.807, 2.05) is 19.1 Å². The molecule has 4 nitrogen and oxygen atoms in total. The summed E-state index contributed by atoms with van der Waals surface area (Å²) in [6.07, 6.45) is 0. The van der Waals surface area contributed by atoms with Gasteiger partial charge >= 0.3 is 0 Å². The fourth-order valence-corrected chi connectivity index (χ4v) is 2.25. The summed E-state index contributed by atoms with van der Waals surface area (Å²) in [5, 5.41) is 17.3. The quantitative estimate of drug-likeness (QED) is 0.942. The third-order valence-electron chi connectivity index (χ3n) is 2.83. The number of halogens is 2. The number of nitriles is 1. The molecule has 0 saturated heterocycles. The molecule has 0 radical (unpaired) electrons. The zero-order chi connectivity index (χ0) is 14.0. The summed E-state index contributed by atoms with van der Waals surface area (Å²) in [6.45, 7) is 2.47. The van der Waals surface area contributed by atoms with Gasteiger partial charge in [0.05, 0.1) is 16.3 Å². The van der Waals surface area contributed by atoms with Crippen molar-refractivity contribution in [2.24, 2.45) is 7.05 Å². The highest BCUT2D eigenvalue weighted by Crippen LogP contribution is 2.23. The molecule has 0 bridgehead atoms. The molecule has 19 heavy (non-hydrogen) atoms. The lowest BCUT2D eigenvalue weighted by Gasteiger charge is -2.07. The highest BCUT2D eigenvalue weighted by atomic mass is 35.5. The Morgan fingerprint density at radius 2 is 2.16 bits per heavy atom. The number of hydrogen-bond acceptors (Lipinski definition) is 3. The van der Waals surface area contributed by atoms with Gasteiger partial charge in [-0.1, -0.05) is 23.2 Å². The van der Waals surface area contributed by atoms with Gasteiger partial charge in [-0.3, -0.25) is 4.68 Å². The molecule has 1 aromatic carbocycles. The number of nitrogens with zero attached hydrogens (tertiary/aromatic N) is 3. The van der Waals surface area contributed by atoms with E-state index in [4.69, 9.17) is 28.5 Å². The number of rotatable bonds is 3. The van der Waals surface area contributed by atoms with Crippen molar-refractivity contribution in [1.29, 1.82) is 5.26 Å². The maximum Gasteiger partial charge on any atom is 0.131 e. The molecule has 0 aliphatic carbocycles. The van der Waals surface area contributed by atoms with Gasteiger partial charge in [0, 0.05) is 24.8 Å². The van der Waals surface area contributed by atoms with Crippen LogP contribution in [0, 0.1) is 18.3 Å². The van der Waals surface area contributed by atoms with Crippen molar-refractivity contribution in [3.05, 3.63) is 45.2 Å².